The third kappa shape index (κ3) is 5.64. The van der Waals surface area contributed by atoms with Crippen molar-refractivity contribution in [3.8, 4) is 17.2 Å². The molecule has 3 heterocycles. The molecule has 1 unspecified atom stereocenters. The molecule has 4 atom stereocenters. The first-order valence-electron chi connectivity index (χ1n) is 12.5. The van der Waals surface area contributed by atoms with Gasteiger partial charge in [0.25, 0.3) is 5.56 Å². The zero-order valence-corrected chi connectivity index (χ0v) is 23.0. The Balaban J connectivity index is 1.63. The number of rotatable bonds is 10. The lowest BCUT2D eigenvalue weighted by Crippen LogP contribution is -2.48. The second-order valence-electron chi connectivity index (χ2n) is 10.1. The molecule has 1 aromatic carbocycles. The number of aliphatic hydroxyl groups is 1. The van der Waals surface area contributed by atoms with Gasteiger partial charge in [-0.25, -0.2) is 0 Å². The van der Waals surface area contributed by atoms with Gasteiger partial charge in [-0.05, 0) is 49.8 Å². The quantitative estimate of drug-likeness (QED) is 0.386. The van der Waals surface area contributed by atoms with Crippen molar-refractivity contribution >= 4 is 8.32 Å². The minimum absolute atomic E-state index is 0.0251. The summed E-state index contributed by atoms with van der Waals surface area (Å²) in [7, 11) is 0.484. The van der Waals surface area contributed by atoms with Gasteiger partial charge in [0, 0.05) is 61.8 Å². The molecule has 0 aliphatic carbocycles. The van der Waals surface area contributed by atoms with Gasteiger partial charge in [-0.3, -0.25) is 14.0 Å². The summed E-state index contributed by atoms with van der Waals surface area (Å²) in [6.45, 7) is 6.55. The summed E-state index contributed by atoms with van der Waals surface area (Å²) in [6, 6.07) is 9.03. The molecule has 37 heavy (non-hydrogen) atoms. The van der Waals surface area contributed by atoms with Crippen molar-refractivity contribution in [2.75, 3.05) is 20.8 Å². The zero-order chi connectivity index (χ0) is 26.7. The van der Waals surface area contributed by atoms with Crippen molar-refractivity contribution in [2.24, 2.45) is 5.92 Å². The van der Waals surface area contributed by atoms with Crippen molar-refractivity contribution < 1.29 is 24.1 Å². The van der Waals surface area contributed by atoms with Crippen molar-refractivity contribution in [2.45, 2.75) is 57.2 Å². The standard InChI is InChI=1S/C26H36N4O6Si/c1-17-24(35-3)20-15-19(30-12-6-7-22(34-2)26(30)32)8-9-21(20)36-25(17)23(37(4,5)33)10-13-29-16-18(11-14-31)27-28-29/h6-9,12,15-17,23-25,31,33H,10-11,13-14H2,1-5H3/t17-,23?,24-,25-/m0/s1. The van der Waals surface area contributed by atoms with Gasteiger partial charge in [0.15, 0.2) is 14.1 Å². The highest BCUT2D eigenvalue weighted by atomic mass is 28.4. The molecule has 0 saturated carbocycles. The second kappa shape index (κ2) is 11.2. The van der Waals surface area contributed by atoms with Gasteiger partial charge < -0.3 is 24.1 Å². The van der Waals surface area contributed by atoms with E-state index >= 15 is 0 Å². The highest BCUT2D eigenvalue weighted by molar-refractivity contribution is 6.71. The van der Waals surface area contributed by atoms with Gasteiger partial charge in [-0.1, -0.05) is 12.1 Å². The first kappa shape index (κ1) is 27.1. The molecular formula is C26H36N4O6Si. The number of nitrogens with zero attached hydrogens (tertiary/aromatic N) is 4. The van der Waals surface area contributed by atoms with Crippen LogP contribution in [-0.4, -0.2) is 64.7 Å². The summed E-state index contributed by atoms with van der Waals surface area (Å²) in [5, 5.41) is 17.4. The van der Waals surface area contributed by atoms with Gasteiger partial charge in [0.05, 0.1) is 18.9 Å². The van der Waals surface area contributed by atoms with E-state index in [0.717, 1.165) is 11.3 Å². The summed E-state index contributed by atoms with van der Waals surface area (Å²) >= 11 is 0. The van der Waals surface area contributed by atoms with Crippen LogP contribution in [0.4, 0.5) is 0 Å². The Morgan fingerprint density at radius 3 is 2.70 bits per heavy atom. The van der Waals surface area contributed by atoms with E-state index < -0.39 is 8.32 Å². The Hall–Kier alpha value is -2.99. The average Bonchev–Trinajstić information content (AvgIpc) is 3.31. The number of fused-ring (bicyclic) bond motifs is 1. The summed E-state index contributed by atoms with van der Waals surface area (Å²) in [5.41, 5.74) is 1.95. The fourth-order valence-corrected chi connectivity index (χ4v) is 7.23. The van der Waals surface area contributed by atoms with Crippen LogP contribution in [0.1, 0.15) is 30.7 Å². The van der Waals surface area contributed by atoms with E-state index in [-0.39, 0.29) is 41.6 Å². The molecule has 0 fully saturated rings. The Morgan fingerprint density at radius 1 is 1.24 bits per heavy atom. The number of methoxy groups -OCH3 is 2. The molecule has 10 nitrogen and oxygen atoms in total. The van der Waals surface area contributed by atoms with Crippen LogP contribution in [0, 0.1) is 5.92 Å². The van der Waals surface area contributed by atoms with Crippen LogP contribution in [0.2, 0.25) is 18.6 Å². The van der Waals surface area contributed by atoms with Crippen LogP contribution in [0.3, 0.4) is 0 Å². The summed E-state index contributed by atoms with van der Waals surface area (Å²) in [4.78, 5) is 24.1. The minimum atomic E-state index is -2.66. The van der Waals surface area contributed by atoms with E-state index in [1.807, 2.05) is 37.5 Å². The number of aliphatic hydroxyl groups excluding tert-OH is 1. The number of hydrogen-bond acceptors (Lipinski definition) is 8. The largest absolute Gasteiger partial charge is 0.491 e. The molecule has 2 aromatic heterocycles. The van der Waals surface area contributed by atoms with Crippen LogP contribution in [0.5, 0.6) is 11.5 Å². The maximum Gasteiger partial charge on any atom is 0.297 e. The number of hydrogen-bond donors (Lipinski definition) is 2. The normalized spacial score (nSPS) is 20.2. The van der Waals surface area contributed by atoms with Crippen molar-refractivity contribution in [1.82, 2.24) is 19.6 Å². The number of pyridine rings is 1. The molecule has 1 aliphatic rings. The lowest BCUT2D eigenvalue weighted by molar-refractivity contribution is -0.0247. The number of aryl methyl sites for hydroxylation is 1. The van der Waals surface area contributed by atoms with Crippen LogP contribution in [0.25, 0.3) is 5.69 Å². The molecule has 0 radical (unpaired) electrons. The van der Waals surface area contributed by atoms with Crippen molar-refractivity contribution in [1.29, 1.82) is 0 Å². The molecule has 4 rings (SSSR count). The molecule has 0 saturated heterocycles. The molecular weight excluding hydrogens is 492 g/mol. The van der Waals surface area contributed by atoms with Crippen molar-refractivity contribution in [3.05, 3.63) is 64.3 Å². The topological polar surface area (TPSA) is 121 Å². The van der Waals surface area contributed by atoms with Gasteiger partial charge >= 0.3 is 0 Å². The predicted molar refractivity (Wildman–Crippen MR) is 141 cm³/mol. The zero-order valence-electron chi connectivity index (χ0n) is 22.0. The summed E-state index contributed by atoms with van der Waals surface area (Å²) < 4.78 is 21.0. The molecule has 0 spiro atoms. The SMILES string of the molecule is COc1cccn(-c2ccc3c(c2)[C@@H](OC)[C@H](C)[C@@H](C(CCn2cc(CCO)nn2)[Si](C)(C)O)O3)c1=O. The van der Waals surface area contributed by atoms with Gasteiger partial charge in [0.1, 0.15) is 11.9 Å². The van der Waals surface area contributed by atoms with Crippen LogP contribution in [-0.2, 0) is 17.7 Å². The van der Waals surface area contributed by atoms with Crippen LogP contribution < -0.4 is 15.0 Å². The Morgan fingerprint density at radius 2 is 2.03 bits per heavy atom. The Bertz CT molecular complexity index is 1270. The number of benzene rings is 1. The van der Waals surface area contributed by atoms with Crippen LogP contribution in [0.15, 0.2) is 47.5 Å². The molecule has 200 valence electrons. The van der Waals surface area contributed by atoms with E-state index in [1.165, 1.54) is 11.7 Å². The van der Waals surface area contributed by atoms with E-state index in [2.05, 4.69) is 17.2 Å². The Labute approximate surface area is 217 Å². The van der Waals surface area contributed by atoms with E-state index in [9.17, 15) is 9.59 Å². The average molecular weight is 529 g/mol. The maximum absolute atomic E-state index is 12.8. The molecule has 0 bridgehead atoms. The highest BCUT2D eigenvalue weighted by Crippen LogP contribution is 2.47. The molecule has 11 heteroatoms. The lowest BCUT2D eigenvalue weighted by atomic mass is 9.86. The highest BCUT2D eigenvalue weighted by Gasteiger charge is 2.46. The van der Waals surface area contributed by atoms with Crippen molar-refractivity contribution in [3.63, 3.8) is 0 Å². The molecule has 1 aliphatic heterocycles. The minimum Gasteiger partial charge on any atom is -0.491 e. The number of aromatic nitrogens is 4. The second-order valence-corrected chi connectivity index (χ2v) is 14.1. The van der Waals surface area contributed by atoms with E-state index in [4.69, 9.17) is 19.3 Å². The van der Waals surface area contributed by atoms with Gasteiger partial charge in [0.2, 0.25) is 0 Å². The number of ether oxygens (including phenoxy) is 3. The molecule has 2 N–H and O–H groups in total. The summed E-state index contributed by atoms with van der Waals surface area (Å²) in [5.74, 6) is 0.894. The molecule has 3 aromatic rings. The lowest BCUT2D eigenvalue weighted by Gasteiger charge is -2.44. The third-order valence-electron chi connectivity index (χ3n) is 7.15. The van der Waals surface area contributed by atoms with E-state index in [1.54, 1.807) is 30.1 Å². The fourth-order valence-electron chi connectivity index (χ4n) is 5.22. The Kier molecular flexibility index (Phi) is 8.17. The monoisotopic (exact) mass is 528 g/mol. The van der Waals surface area contributed by atoms with E-state index in [0.29, 0.717) is 30.8 Å². The smallest absolute Gasteiger partial charge is 0.297 e. The van der Waals surface area contributed by atoms with Gasteiger partial charge in [-0.2, -0.15) is 0 Å². The predicted octanol–water partition coefficient (Wildman–Crippen LogP) is 2.71. The summed E-state index contributed by atoms with van der Waals surface area (Å²) in [6.07, 6.45) is 4.11. The first-order chi connectivity index (χ1) is 17.7. The fraction of sp³-hybridized carbons (Fsp3) is 0.500. The first-order valence-corrected chi connectivity index (χ1v) is 15.5. The molecule has 0 amide bonds. The third-order valence-corrected chi connectivity index (χ3v) is 9.58. The van der Waals surface area contributed by atoms with Gasteiger partial charge in [-0.15, -0.1) is 5.10 Å². The van der Waals surface area contributed by atoms with Crippen LogP contribution >= 0.6 is 0 Å². The maximum atomic E-state index is 12.8.